The Balaban J connectivity index is 2.05. The lowest BCUT2D eigenvalue weighted by atomic mass is 10.1. The highest BCUT2D eigenvalue weighted by atomic mass is 16.6. The minimum Gasteiger partial charge on any atom is -0.462 e. The molecule has 0 aliphatic carbocycles. The number of pyridine rings is 2. The highest BCUT2D eigenvalue weighted by molar-refractivity contribution is 5.97. The van der Waals surface area contributed by atoms with E-state index in [4.69, 9.17) is 9.47 Å². The molecule has 0 atom stereocenters. The van der Waals surface area contributed by atoms with Gasteiger partial charge in [0.25, 0.3) is 17.2 Å². The molecule has 1 amide bonds. The van der Waals surface area contributed by atoms with Gasteiger partial charge in [0, 0.05) is 43.1 Å². The van der Waals surface area contributed by atoms with Crippen molar-refractivity contribution in [1.82, 2.24) is 14.0 Å². The Hall–Kier alpha value is -4.71. The van der Waals surface area contributed by atoms with Crippen molar-refractivity contribution in [3.63, 3.8) is 0 Å². The maximum Gasteiger partial charge on any atom is 0.341 e. The molecule has 12 heteroatoms. The SMILES string of the molecule is CCOCCCn1c(=NC(=O)c2ccc(C)c([N+](=O)[O-])c2)c(C(=O)OCC)cc2c(=O)n3ccccc3nc21. The van der Waals surface area contributed by atoms with E-state index in [1.165, 1.54) is 27.2 Å². The first-order chi connectivity index (χ1) is 18.8. The summed E-state index contributed by atoms with van der Waals surface area (Å²) in [5.74, 6) is -1.59. The van der Waals surface area contributed by atoms with Crippen molar-refractivity contribution in [1.29, 1.82) is 0 Å². The van der Waals surface area contributed by atoms with Crippen molar-refractivity contribution in [2.45, 2.75) is 33.7 Å². The molecule has 0 unspecified atom stereocenters. The van der Waals surface area contributed by atoms with Gasteiger partial charge in [0.1, 0.15) is 16.9 Å². The summed E-state index contributed by atoms with van der Waals surface area (Å²) < 4.78 is 13.6. The smallest absolute Gasteiger partial charge is 0.341 e. The van der Waals surface area contributed by atoms with E-state index in [2.05, 4.69) is 9.98 Å². The summed E-state index contributed by atoms with van der Waals surface area (Å²) in [4.78, 5) is 59.5. The van der Waals surface area contributed by atoms with Crippen LogP contribution in [0.3, 0.4) is 0 Å². The molecule has 0 bridgehead atoms. The molecular formula is C27H27N5O7. The number of fused-ring (bicyclic) bond motifs is 2. The summed E-state index contributed by atoms with van der Waals surface area (Å²) in [6.45, 7) is 6.18. The molecule has 0 fully saturated rings. The van der Waals surface area contributed by atoms with Gasteiger partial charge < -0.3 is 14.0 Å². The van der Waals surface area contributed by atoms with Gasteiger partial charge in [0.05, 0.1) is 16.9 Å². The number of hydrogen-bond acceptors (Lipinski definition) is 8. The van der Waals surface area contributed by atoms with Gasteiger partial charge in [-0.1, -0.05) is 12.1 Å². The third-order valence-electron chi connectivity index (χ3n) is 6.02. The van der Waals surface area contributed by atoms with Crippen molar-refractivity contribution in [2.75, 3.05) is 19.8 Å². The quantitative estimate of drug-likeness (QED) is 0.105. The molecule has 4 aromatic rings. The second-order valence-corrected chi connectivity index (χ2v) is 8.56. The van der Waals surface area contributed by atoms with Gasteiger partial charge >= 0.3 is 5.97 Å². The lowest BCUT2D eigenvalue weighted by molar-refractivity contribution is -0.385. The van der Waals surface area contributed by atoms with E-state index in [9.17, 15) is 24.5 Å². The van der Waals surface area contributed by atoms with E-state index in [-0.39, 0.29) is 46.5 Å². The Morgan fingerprint density at radius 2 is 1.92 bits per heavy atom. The number of esters is 1. The summed E-state index contributed by atoms with van der Waals surface area (Å²) in [6.07, 6.45) is 2.03. The van der Waals surface area contributed by atoms with Gasteiger partial charge in [-0.3, -0.25) is 24.1 Å². The molecule has 0 aliphatic rings. The molecule has 39 heavy (non-hydrogen) atoms. The first-order valence-electron chi connectivity index (χ1n) is 12.4. The number of carbonyl (C=O) groups is 2. The third kappa shape index (κ3) is 5.60. The first kappa shape index (κ1) is 27.3. The fraction of sp³-hybridized carbons (Fsp3) is 0.296. The van der Waals surface area contributed by atoms with Gasteiger partial charge in [-0.15, -0.1) is 0 Å². The zero-order valence-electron chi connectivity index (χ0n) is 21.7. The number of aryl methyl sites for hydroxylation is 2. The van der Waals surface area contributed by atoms with Crippen LogP contribution in [-0.4, -0.2) is 50.6 Å². The number of aromatic nitrogens is 3. The zero-order valence-corrected chi connectivity index (χ0v) is 21.7. The van der Waals surface area contributed by atoms with Crippen molar-refractivity contribution >= 4 is 34.2 Å². The second kappa shape index (κ2) is 11.8. The largest absolute Gasteiger partial charge is 0.462 e. The van der Waals surface area contributed by atoms with Crippen LogP contribution in [0.4, 0.5) is 5.69 Å². The molecule has 0 radical (unpaired) electrons. The molecule has 1 aromatic carbocycles. The number of nitro groups is 1. The van der Waals surface area contributed by atoms with Crippen LogP contribution in [0.15, 0.2) is 58.4 Å². The summed E-state index contributed by atoms with van der Waals surface area (Å²) >= 11 is 0. The average molecular weight is 534 g/mol. The Labute approximate surface area is 222 Å². The van der Waals surface area contributed by atoms with Crippen LogP contribution in [0, 0.1) is 17.0 Å². The Bertz CT molecular complexity index is 1720. The predicted molar refractivity (Wildman–Crippen MR) is 142 cm³/mol. The number of rotatable bonds is 9. The molecule has 0 N–H and O–H groups in total. The maximum absolute atomic E-state index is 13.4. The van der Waals surface area contributed by atoms with Gasteiger partial charge in [0.15, 0.2) is 5.49 Å². The Kier molecular flexibility index (Phi) is 8.25. The summed E-state index contributed by atoms with van der Waals surface area (Å²) in [5, 5.41) is 11.6. The fourth-order valence-electron chi connectivity index (χ4n) is 4.14. The van der Waals surface area contributed by atoms with Crippen LogP contribution in [-0.2, 0) is 16.0 Å². The number of benzene rings is 1. The van der Waals surface area contributed by atoms with E-state index in [0.29, 0.717) is 30.8 Å². The molecule has 3 aromatic heterocycles. The molecule has 4 rings (SSSR count). The van der Waals surface area contributed by atoms with Crippen molar-refractivity contribution < 1.29 is 24.0 Å². The van der Waals surface area contributed by atoms with Crippen molar-refractivity contribution in [3.05, 3.63) is 91.3 Å². The van der Waals surface area contributed by atoms with E-state index < -0.39 is 22.4 Å². The molecule has 0 saturated heterocycles. The maximum atomic E-state index is 13.4. The average Bonchev–Trinajstić information content (AvgIpc) is 2.92. The standard InChI is InChI=1S/C27H27N5O7/c1-4-38-14-8-13-31-23-19(26(34)30-12-7-6-9-22(30)28-23)16-20(27(35)39-5-2)24(31)29-25(33)18-11-10-17(3)21(15-18)32(36)37/h6-7,9-12,15-16H,4-5,8,13-14H2,1-3H3. The second-order valence-electron chi connectivity index (χ2n) is 8.56. The Morgan fingerprint density at radius 1 is 1.13 bits per heavy atom. The molecule has 0 spiro atoms. The minimum atomic E-state index is -0.806. The lowest BCUT2D eigenvalue weighted by Gasteiger charge is -2.15. The number of amides is 1. The van der Waals surface area contributed by atoms with Gasteiger partial charge in [-0.2, -0.15) is 4.99 Å². The summed E-state index contributed by atoms with van der Waals surface area (Å²) in [5.41, 5.74) is 0.119. The number of ether oxygens (including phenoxy) is 2. The van der Waals surface area contributed by atoms with Crippen LogP contribution >= 0.6 is 0 Å². The molecular weight excluding hydrogens is 506 g/mol. The fourth-order valence-corrected chi connectivity index (χ4v) is 4.14. The number of nitrogens with zero attached hydrogens (tertiary/aromatic N) is 5. The first-order valence-corrected chi connectivity index (χ1v) is 12.4. The monoisotopic (exact) mass is 533 g/mol. The normalized spacial score (nSPS) is 11.7. The van der Waals surface area contributed by atoms with E-state index in [1.54, 1.807) is 38.2 Å². The third-order valence-corrected chi connectivity index (χ3v) is 6.02. The highest BCUT2D eigenvalue weighted by Gasteiger charge is 2.21. The Morgan fingerprint density at radius 3 is 2.64 bits per heavy atom. The number of nitro benzene ring substituents is 1. The number of carbonyl (C=O) groups excluding carboxylic acids is 2. The van der Waals surface area contributed by atoms with Gasteiger partial charge in [0.2, 0.25) is 0 Å². The van der Waals surface area contributed by atoms with Crippen molar-refractivity contribution in [2.24, 2.45) is 4.99 Å². The predicted octanol–water partition coefficient (Wildman–Crippen LogP) is 3.21. The van der Waals surface area contributed by atoms with E-state index in [0.717, 1.165) is 6.07 Å². The van der Waals surface area contributed by atoms with Crippen LogP contribution in [0.1, 0.15) is 46.5 Å². The van der Waals surface area contributed by atoms with Crippen LogP contribution < -0.4 is 11.0 Å². The van der Waals surface area contributed by atoms with Crippen LogP contribution in [0.2, 0.25) is 0 Å². The van der Waals surface area contributed by atoms with Gasteiger partial charge in [-0.25, -0.2) is 9.78 Å². The summed E-state index contributed by atoms with van der Waals surface area (Å²) in [7, 11) is 0. The van der Waals surface area contributed by atoms with E-state index in [1.807, 2.05) is 6.92 Å². The molecule has 202 valence electrons. The van der Waals surface area contributed by atoms with Gasteiger partial charge in [-0.05, 0) is 51.5 Å². The van der Waals surface area contributed by atoms with Crippen LogP contribution in [0.25, 0.3) is 16.7 Å². The van der Waals surface area contributed by atoms with Crippen LogP contribution in [0.5, 0.6) is 0 Å². The molecule has 3 heterocycles. The highest BCUT2D eigenvalue weighted by Crippen LogP contribution is 2.20. The molecule has 0 aliphatic heterocycles. The molecule has 0 saturated carbocycles. The molecule has 12 nitrogen and oxygen atoms in total. The minimum absolute atomic E-state index is 0.0328. The zero-order chi connectivity index (χ0) is 28.1. The topological polar surface area (TPSA) is 147 Å². The van der Waals surface area contributed by atoms with Crippen molar-refractivity contribution in [3.8, 4) is 0 Å². The lowest BCUT2D eigenvalue weighted by Crippen LogP contribution is -2.33. The number of hydrogen-bond donors (Lipinski definition) is 0. The van der Waals surface area contributed by atoms with E-state index >= 15 is 0 Å². The summed E-state index contributed by atoms with van der Waals surface area (Å²) in [6, 6.07) is 10.4.